The number of fused-ring (bicyclic) bond motifs is 1. The normalized spacial score (nSPS) is 14.9. The third-order valence-corrected chi connectivity index (χ3v) is 6.83. The quantitative estimate of drug-likeness (QED) is 0.230. The van der Waals surface area contributed by atoms with Crippen LogP contribution in [0.2, 0.25) is 0 Å². The molecular weight excluding hydrogens is 446 g/mol. The topological polar surface area (TPSA) is 29.5 Å². The maximum absolute atomic E-state index is 12.9. The fourth-order valence-corrected chi connectivity index (χ4v) is 4.96. The summed E-state index contributed by atoms with van der Waals surface area (Å²) >= 11 is 6.79. The van der Waals surface area contributed by atoms with Crippen LogP contribution in [0.25, 0.3) is 16.8 Å². The predicted octanol–water partition coefficient (Wildman–Crippen LogP) is 6.82. The van der Waals surface area contributed by atoms with E-state index in [0.29, 0.717) is 22.4 Å². The number of carbonyl (C=O) groups is 1. The Bertz CT molecular complexity index is 1350. The summed E-state index contributed by atoms with van der Waals surface area (Å²) in [6, 6.07) is 32.3. The molecule has 33 heavy (non-hydrogen) atoms. The molecule has 0 bridgehead atoms. The molecule has 4 aromatic carbocycles. The second-order valence-corrected chi connectivity index (χ2v) is 9.47. The lowest BCUT2D eigenvalue weighted by molar-refractivity contribution is -0.122. The summed E-state index contributed by atoms with van der Waals surface area (Å²) in [5.41, 5.74) is 3.12. The van der Waals surface area contributed by atoms with E-state index in [1.807, 2.05) is 72.8 Å². The zero-order chi connectivity index (χ0) is 22.6. The lowest BCUT2D eigenvalue weighted by atomic mass is 10.1. The number of thiocarbonyl (C=S) groups is 1. The highest BCUT2D eigenvalue weighted by Crippen LogP contribution is 2.33. The van der Waals surface area contributed by atoms with Crippen LogP contribution < -0.4 is 4.74 Å². The number of amides is 1. The summed E-state index contributed by atoms with van der Waals surface area (Å²) in [6.45, 7) is 0.993. The van der Waals surface area contributed by atoms with Gasteiger partial charge in [-0.05, 0) is 51.7 Å². The predicted molar refractivity (Wildman–Crippen MR) is 140 cm³/mol. The first-order valence-corrected chi connectivity index (χ1v) is 11.9. The summed E-state index contributed by atoms with van der Waals surface area (Å²) in [7, 11) is 0. The van der Waals surface area contributed by atoms with Crippen molar-refractivity contribution in [1.29, 1.82) is 0 Å². The number of rotatable bonds is 6. The lowest BCUT2D eigenvalue weighted by Gasteiger charge is -2.14. The Morgan fingerprint density at radius 1 is 0.818 bits per heavy atom. The summed E-state index contributed by atoms with van der Waals surface area (Å²) < 4.78 is 6.55. The SMILES string of the molecule is O=C1/C(=C\c2ccc(OCc3ccc4ccccc4c3)cc2)SC(=S)N1Cc1ccccc1. The molecule has 162 valence electrons. The van der Waals surface area contributed by atoms with Crippen LogP contribution in [0.15, 0.2) is 102 Å². The molecule has 0 N–H and O–H groups in total. The van der Waals surface area contributed by atoms with Crippen molar-refractivity contribution in [3.63, 3.8) is 0 Å². The highest BCUT2D eigenvalue weighted by molar-refractivity contribution is 8.26. The van der Waals surface area contributed by atoms with E-state index in [2.05, 4.69) is 30.3 Å². The van der Waals surface area contributed by atoms with Crippen LogP contribution in [-0.4, -0.2) is 15.1 Å². The fraction of sp³-hybridized carbons (Fsp3) is 0.0714. The molecule has 5 rings (SSSR count). The van der Waals surface area contributed by atoms with Crippen LogP contribution >= 0.6 is 24.0 Å². The Morgan fingerprint density at radius 2 is 1.55 bits per heavy atom. The van der Waals surface area contributed by atoms with Gasteiger partial charge >= 0.3 is 0 Å². The van der Waals surface area contributed by atoms with Crippen molar-refractivity contribution in [1.82, 2.24) is 4.90 Å². The molecule has 0 unspecified atom stereocenters. The molecular formula is C28H21NO2S2. The molecule has 0 atom stereocenters. The third-order valence-electron chi connectivity index (χ3n) is 5.45. The van der Waals surface area contributed by atoms with Gasteiger partial charge < -0.3 is 4.74 Å². The maximum atomic E-state index is 12.9. The highest BCUT2D eigenvalue weighted by atomic mass is 32.2. The smallest absolute Gasteiger partial charge is 0.266 e. The summed E-state index contributed by atoms with van der Waals surface area (Å²) in [6.07, 6.45) is 1.89. The van der Waals surface area contributed by atoms with Gasteiger partial charge in [0.15, 0.2) is 0 Å². The lowest BCUT2D eigenvalue weighted by Crippen LogP contribution is -2.27. The van der Waals surface area contributed by atoms with Gasteiger partial charge in [0.25, 0.3) is 5.91 Å². The molecule has 4 aromatic rings. The third kappa shape index (κ3) is 5.00. The Balaban J connectivity index is 1.23. The van der Waals surface area contributed by atoms with Crippen LogP contribution in [0.5, 0.6) is 5.75 Å². The van der Waals surface area contributed by atoms with Crippen molar-refractivity contribution in [2.45, 2.75) is 13.2 Å². The molecule has 0 spiro atoms. The molecule has 3 nitrogen and oxygen atoms in total. The van der Waals surface area contributed by atoms with Crippen LogP contribution in [0, 0.1) is 0 Å². The minimum absolute atomic E-state index is 0.0505. The van der Waals surface area contributed by atoms with Crippen LogP contribution in [0.1, 0.15) is 16.7 Å². The van der Waals surface area contributed by atoms with E-state index in [1.165, 1.54) is 22.5 Å². The molecule has 0 aromatic heterocycles. The number of hydrogen-bond acceptors (Lipinski definition) is 4. The van der Waals surface area contributed by atoms with Gasteiger partial charge in [-0.15, -0.1) is 0 Å². The van der Waals surface area contributed by atoms with Crippen LogP contribution in [0.4, 0.5) is 0 Å². The largest absolute Gasteiger partial charge is 0.489 e. The Labute approximate surface area is 202 Å². The van der Waals surface area contributed by atoms with Gasteiger partial charge in [-0.3, -0.25) is 9.69 Å². The second-order valence-electron chi connectivity index (χ2n) is 7.79. The van der Waals surface area contributed by atoms with Gasteiger partial charge in [0.2, 0.25) is 0 Å². The molecule has 0 radical (unpaired) electrons. The van der Waals surface area contributed by atoms with E-state index < -0.39 is 0 Å². The molecule has 1 heterocycles. The van der Waals surface area contributed by atoms with Gasteiger partial charge in [-0.25, -0.2) is 0 Å². The van der Waals surface area contributed by atoms with Crippen LogP contribution in [-0.2, 0) is 17.9 Å². The zero-order valence-electron chi connectivity index (χ0n) is 17.8. The summed E-state index contributed by atoms with van der Waals surface area (Å²) in [5, 5.41) is 2.43. The van der Waals surface area contributed by atoms with Crippen LogP contribution in [0.3, 0.4) is 0 Å². The first-order valence-electron chi connectivity index (χ1n) is 10.7. The van der Waals surface area contributed by atoms with Crippen molar-refractivity contribution < 1.29 is 9.53 Å². The summed E-state index contributed by atoms with van der Waals surface area (Å²) in [5.74, 6) is 0.738. The number of benzene rings is 4. The van der Waals surface area contributed by atoms with Gasteiger partial charge in [0, 0.05) is 0 Å². The minimum Gasteiger partial charge on any atom is -0.489 e. The summed E-state index contributed by atoms with van der Waals surface area (Å²) in [4.78, 5) is 15.2. The van der Waals surface area contributed by atoms with E-state index in [9.17, 15) is 4.79 Å². The first-order chi connectivity index (χ1) is 16.2. The fourth-order valence-electron chi connectivity index (χ4n) is 3.71. The zero-order valence-corrected chi connectivity index (χ0v) is 19.4. The van der Waals surface area contributed by atoms with Gasteiger partial charge in [0.05, 0.1) is 11.4 Å². The number of nitrogens with zero attached hydrogens (tertiary/aromatic N) is 1. The first kappa shape index (κ1) is 21.4. The van der Waals surface area contributed by atoms with Gasteiger partial charge in [-0.2, -0.15) is 0 Å². The van der Waals surface area contributed by atoms with Crippen molar-refractivity contribution in [3.8, 4) is 5.75 Å². The van der Waals surface area contributed by atoms with E-state index >= 15 is 0 Å². The number of thioether (sulfide) groups is 1. The molecule has 1 amide bonds. The standard InChI is InChI=1S/C28H21NO2S2/c30-27-26(33-28(32)29(27)18-21-6-2-1-3-7-21)17-20-11-14-25(15-12-20)31-19-22-10-13-23-8-4-5-9-24(23)16-22/h1-17H,18-19H2/b26-17+. The maximum Gasteiger partial charge on any atom is 0.266 e. The monoisotopic (exact) mass is 467 g/mol. The Hall–Kier alpha value is -3.41. The average Bonchev–Trinajstić information content (AvgIpc) is 3.11. The number of ether oxygens (including phenoxy) is 1. The Morgan fingerprint density at radius 3 is 2.33 bits per heavy atom. The van der Waals surface area contributed by atoms with Crippen molar-refractivity contribution in [3.05, 3.63) is 119 Å². The van der Waals surface area contributed by atoms with Gasteiger partial charge in [-0.1, -0.05) is 103 Å². The van der Waals surface area contributed by atoms with Crippen molar-refractivity contribution >= 4 is 51.1 Å². The average molecular weight is 468 g/mol. The molecule has 1 aliphatic heterocycles. The Kier molecular flexibility index (Phi) is 6.24. The van der Waals surface area contributed by atoms with Crippen molar-refractivity contribution in [2.24, 2.45) is 0 Å². The van der Waals surface area contributed by atoms with Crippen molar-refractivity contribution in [2.75, 3.05) is 0 Å². The second kappa shape index (κ2) is 9.61. The molecule has 5 heteroatoms. The molecule has 0 saturated carbocycles. The minimum atomic E-state index is -0.0505. The van der Waals surface area contributed by atoms with Gasteiger partial charge in [0.1, 0.15) is 16.7 Å². The van der Waals surface area contributed by atoms with E-state index in [-0.39, 0.29) is 5.91 Å². The van der Waals surface area contributed by atoms with E-state index in [1.54, 1.807) is 4.90 Å². The molecule has 1 saturated heterocycles. The molecule has 1 aliphatic rings. The molecule has 0 aliphatic carbocycles. The number of carbonyl (C=O) groups excluding carboxylic acids is 1. The molecule has 1 fully saturated rings. The van der Waals surface area contributed by atoms with E-state index in [0.717, 1.165) is 22.4 Å². The number of hydrogen-bond donors (Lipinski definition) is 0. The highest BCUT2D eigenvalue weighted by Gasteiger charge is 2.31. The van der Waals surface area contributed by atoms with E-state index in [4.69, 9.17) is 17.0 Å².